The molecule has 2 atom stereocenters. The molecule has 0 aromatic carbocycles. The molecule has 13 heteroatoms. The molecule has 0 aromatic rings. The third-order valence-corrected chi connectivity index (χ3v) is 9.06. The van der Waals surface area contributed by atoms with E-state index in [9.17, 15) is 19.2 Å². The van der Waals surface area contributed by atoms with Crippen LogP contribution in [-0.2, 0) is 28.5 Å². The molecule has 1 aliphatic carbocycles. The third-order valence-electron chi connectivity index (χ3n) is 9.06. The molecule has 2 aliphatic heterocycles. The Kier molecular flexibility index (Phi) is 16.0. The van der Waals surface area contributed by atoms with Crippen molar-refractivity contribution in [3.05, 3.63) is 0 Å². The van der Waals surface area contributed by atoms with Crippen LogP contribution in [0.3, 0.4) is 0 Å². The summed E-state index contributed by atoms with van der Waals surface area (Å²) in [5, 5.41) is 6.29. The van der Waals surface area contributed by atoms with E-state index in [-0.39, 0.29) is 42.4 Å². The van der Waals surface area contributed by atoms with Crippen LogP contribution in [0.25, 0.3) is 0 Å². The number of piperidine rings is 2. The van der Waals surface area contributed by atoms with E-state index in [1.54, 1.807) is 41.5 Å². The number of carbonyl (C=O) groups is 4. The molecule has 0 spiro atoms. The lowest BCUT2D eigenvalue weighted by Crippen LogP contribution is -2.54. The van der Waals surface area contributed by atoms with Crippen LogP contribution in [0.1, 0.15) is 146 Å². The molecule has 1 saturated carbocycles. The molecule has 3 fully saturated rings. The first-order valence-corrected chi connectivity index (χ1v) is 19.2. The topological polar surface area (TPSA) is 148 Å². The summed E-state index contributed by atoms with van der Waals surface area (Å²) in [6, 6.07) is -0.0517. The van der Waals surface area contributed by atoms with E-state index in [0.717, 1.165) is 51.4 Å². The lowest BCUT2D eigenvalue weighted by Gasteiger charge is -2.39. The summed E-state index contributed by atoms with van der Waals surface area (Å²) in [5.41, 5.74) is -2.01. The predicted molar refractivity (Wildman–Crippen MR) is 196 cm³/mol. The molecule has 2 heterocycles. The van der Waals surface area contributed by atoms with Crippen LogP contribution >= 0.6 is 0 Å². The number of nitrogens with zero attached hydrogens (tertiary/aromatic N) is 3. The van der Waals surface area contributed by atoms with Crippen LogP contribution in [0.15, 0.2) is 4.99 Å². The van der Waals surface area contributed by atoms with Crippen molar-refractivity contribution in [2.45, 2.75) is 187 Å². The molecule has 2 N–H and O–H groups in total. The smallest absolute Gasteiger partial charge is 0.437 e. The summed E-state index contributed by atoms with van der Waals surface area (Å²) in [6.45, 7) is 18.4. The zero-order valence-corrected chi connectivity index (χ0v) is 32.9. The molecule has 292 valence electrons. The van der Waals surface area contributed by atoms with Crippen molar-refractivity contribution in [3.63, 3.8) is 0 Å². The van der Waals surface area contributed by atoms with E-state index in [1.165, 1.54) is 6.42 Å². The Balaban J connectivity index is 1.57. The maximum atomic E-state index is 14.1. The number of nitrogens with one attached hydrogen (secondary N) is 2. The number of carbonyl (C=O) groups excluding carboxylic acids is 4. The van der Waals surface area contributed by atoms with Crippen molar-refractivity contribution in [2.24, 2.45) is 4.99 Å². The fourth-order valence-corrected chi connectivity index (χ4v) is 6.83. The Morgan fingerprint density at radius 1 is 0.745 bits per heavy atom. The molecule has 51 heavy (non-hydrogen) atoms. The van der Waals surface area contributed by atoms with Gasteiger partial charge in [0.2, 0.25) is 11.9 Å². The van der Waals surface area contributed by atoms with Gasteiger partial charge in [0, 0.05) is 44.7 Å². The number of amides is 3. The number of hydrogen-bond donors (Lipinski definition) is 2. The highest BCUT2D eigenvalue weighted by Crippen LogP contribution is 2.25. The van der Waals surface area contributed by atoms with Gasteiger partial charge in [-0.2, -0.15) is 0 Å². The Labute approximate surface area is 306 Å². The van der Waals surface area contributed by atoms with Crippen molar-refractivity contribution < 1.29 is 38.1 Å². The number of likely N-dealkylation sites (tertiary alicyclic amines) is 2. The highest BCUT2D eigenvalue weighted by molar-refractivity contribution is 5.99. The van der Waals surface area contributed by atoms with Crippen LogP contribution in [0.5, 0.6) is 0 Å². The molecule has 3 rings (SSSR count). The van der Waals surface area contributed by atoms with Crippen molar-refractivity contribution >= 4 is 30.0 Å². The predicted octanol–water partition coefficient (Wildman–Crippen LogP) is 6.47. The van der Waals surface area contributed by atoms with E-state index in [2.05, 4.69) is 15.6 Å². The fraction of sp³-hybridized carbons (Fsp3) is 0.868. The van der Waals surface area contributed by atoms with Crippen molar-refractivity contribution in [1.29, 1.82) is 0 Å². The highest BCUT2D eigenvalue weighted by atomic mass is 16.6. The summed E-state index contributed by atoms with van der Waals surface area (Å²) in [5.74, 6) is -0.1000. The SMILES string of the molecule is CC(C)(C)OC(=O)CC[C@H](NC1CCCCC1)C(=O)N1CCCC[C@H]1CCOC1CCN(/C(=N/C(=O)OC(C)(C)C)NC(=O)OC(C)(C)C)CC1. The minimum absolute atomic E-state index is 0.00663. The van der Waals surface area contributed by atoms with Crippen LogP contribution in [0.2, 0.25) is 0 Å². The van der Waals surface area contributed by atoms with E-state index < -0.39 is 35.0 Å². The average molecular weight is 722 g/mol. The fourth-order valence-electron chi connectivity index (χ4n) is 6.83. The monoisotopic (exact) mass is 721 g/mol. The summed E-state index contributed by atoms with van der Waals surface area (Å²) < 4.78 is 22.7. The zero-order chi connectivity index (χ0) is 37.8. The van der Waals surface area contributed by atoms with E-state index >= 15 is 0 Å². The zero-order valence-electron chi connectivity index (χ0n) is 32.9. The minimum Gasteiger partial charge on any atom is -0.460 e. The van der Waals surface area contributed by atoms with Gasteiger partial charge in [0.25, 0.3) is 0 Å². The Bertz CT molecular complexity index is 1170. The first kappa shape index (κ1) is 42.5. The second kappa shape index (κ2) is 19.2. The van der Waals surface area contributed by atoms with Gasteiger partial charge in [-0.05, 0) is 120 Å². The van der Waals surface area contributed by atoms with Crippen LogP contribution in [-0.4, -0.2) is 107 Å². The number of hydrogen-bond acceptors (Lipinski definition) is 9. The maximum absolute atomic E-state index is 14.1. The number of esters is 1. The highest BCUT2D eigenvalue weighted by Gasteiger charge is 2.34. The van der Waals surface area contributed by atoms with Crippen LogP contribution < -0.4 is 10.6 Å². The molecule has 0 aromatic heterocycles. The second-order valence-corrected chi connectivity index (χ2v) is 17.2. The Morgan fingerprint density at radius 2 is 1.35 bits per heavy atom. The molecule has 0 radical (unpaired) electrons. The molecular weight excluding hydrogens is 654 g/mol. The third kappa shape index (κ3) is 16.5. The molecular formula is C38H67N5O8. The number of guanidine groups is 1. The molecule has 13 nitrogen and oxygen atoms in total. The summed E-state index contributed by atoms with van der Waals surface area (Å²) >= 11 is 0. The standard InChI is InChI=1S/C38H67N5O8/c1-36(2,3)49-31(44)19-18-30(39-27-15-11-10-12-16-27)32(45)43-23-14-13-17-28(43)22-26-48-29-20-24-42(25-21-29)33(40-34(46)50-37(4,5)6)41-35(47)51-38(7,8)9/h27-30,39H,10-26H2,1-9H3,(H,40,41,46,47)/t28-,30-/m0/s1. The van der Waals surface area contributed by atoms with Gasteiger partial charge in [0.15, 0.2) is 0 Å². The molecule has 0 unspecified atom stereocenters. The summed E-state index contributed by atoms with van der Waals surface area (Å²) in [6.07, 6.45) is 9.82. The molecule has 0 bridgehead atoms. The van der Waals surface area contributed by atoms with Crippen molar-refractivity contribution in [1.82, 2.24) is 20.4 Å². The largest absolute Gasteiger partial charge is 0.460 e. The van der Waals surface area contributed by atoms with Gasteiger partial charge >= 0.3 is 18.2 Å². The maximum Gasteiger partial charge on any atom is 0.437 e. The molecule has 3 amide bonds. The summed E-state index contributed by atoms with van der Waals surface area (Å²) in [4.78, 5) is 59.9. The average Bonchev–Trinajstić information content (AvgIpc) is 3.01. The van der Waals surface area contributed by atoms with Crippen LogP contribution in [0.4, 0.5) is 9.59 Å². The normalized spacial score (nSPS) is 20.8. The molecule has 2 saturated heterocycles. The van der Waals surface area contributed by atoms with Gasteiger partial charge in [-0.3, -0.25) is 14.9 Å². The quantitative estimate of drug-likeness (QED) is 0.111. The lowest BCUT2D eigenvalue weighted by molar-refractivity contribution is -0.155. The van der Waals surface area contributed by atoms with Crippen molar-refractivity contribution in [2.75, 3.05) is 26.2 Å². The number of rotatable bonds is 10. The van der Waals surface area contributed by atoms with E-state index in [1.807, 2.05) is 30.6 Å². The lowest BCUT2D eigenvalue weighted by atomic mass is 9.93. The summed E-state index contributed by atoms with van der Waals surface area (Å²) in [7, 11) is 0. The van der Waals surface area contributed by atoms with Crippen LogP contribution in [0, 0.1) is 0 Å². The van der Waals surface area contributed by atoms with Gasteiger partial charge in [-0.1, -0.05) is 19.3 Å². The van der Waals surface area contributed by atoms with Gasteiger partial charge in [-0.15, -0.1) is 4.99 Å². The second-order valence-electron chi connectivity index (χ2n) is 17.2. The van der Waals surface area contributed by atoms with Gasteiger partial charge in [0.05, 0.1) is 12.1 Å². The number of alkyl carbamates (subject to hydrolysis) is 1. The van der Waals surface area contributed by atoms with E-state index in [4.69, 9.17) is 18.9 Å². The Hall–Kier alpha value is -2.93. The molecule has 3 aliphatic rings. The number of ether oxygens (including phenoxy) is 4. The number of aliphatic imine (C=N–C) groups is 1. The van der Waals surface area contributed by atoms with Gasteiger partial charge < -0.3 is 34.1 Å². The van der Waals surface area contributed by atoms with Gasteiger partial charge in [-0.25, -0.2) is 9.59 Å². The van der Waals surface area contributed by atoms with Crippen molar-refractivity contribution in [3.8, 4) is 0 Å². The first-order chi connectivity index (χ1) is 23.8. The van der Waals surface area contributed by atoms with Gasteiger partial charge in [0.1, 0.15) is 16.8 Å². The Morgan fingerprint density at radius 3 is 1.96 bits per heavy atom. The first-order valence-electron chi connectivity index (χ1n) is 19.2. The van der Waals surface area contributed by atoms with E-state index in [0.29, 0.717) is 45.5 Å². The minimum atomic E-state index is -0.792.